The molecule has 0 spiro atoms. The lowest BCUT2D eigenvalue weighted by Crippen LogP contribution is -1.95. The molecule has 2 rings (SSSR count). The molecule has 0 aliphatic heterocycles. The lowest BCUT2D eigenvalue weighted by Gasteiger charge is -2.11. The summed E-state index contributed by atoms with van der Waals surface area (Å²) in [5.74, 6) is -0.326. The maximum Gasteiger partial charge on any atom is 0.129 e. The monoisotopic (exact) mass is 416 g/mol. The van der Waals surface area contributed by atoms with Crippen LogP contribution in [0.2, 0.25) is 10.0 Å². The second kappa shape index (κ2) is 5.57. The number of alkyl halides is 1. The van der Waals surface area contributed by atoms with Gasteiger partial charge in [-0.15, -0.1) is 11.3 Å². The topological polar surface area (TPSA) is 0 Å². The molecule has 6 heteroatoms. The van der Waals surface area contributed by atoms with Gasteiger partial charge in [0.1, 0.15) is 5.82 Å². The van der Waals surface area contributed by atoms with Crippen molar-refractivity contribution in [2.75, 3.05) is 0 Å². The highest BCUT2D eigenvalue weighted by atomic mass is 79.9. The molecule has 1 atom stereocenters. The van der Waals surface area contributed by atoms with Crippen LogP contribution in [0.25, 0.3) is 0 Å². The van der Waals surface area contributed by atoms with Crippen molar-refractivity contribution in [3.8, 4) is 0 Å². The Labute approximate surface area is 129 Å². The van der Waals surface area contributed by atoms with Crippen LogP contribution in [0, 0.1) is 5.82 Å². The summed E-state index contributed by atoms with van der Waals surface area (Å²) in [6.45, 7) is 0. The zero-order valence-corrected chi connectivity index (χ0v) is 13.7. The van der Waals surface area contributed by atoms with Gasteiger partial charge in [-0.05, 0) is 39.5 Å². The Morgan fingerprint density at radius 2 is 1.94 bits per heavy atom. The lowest BCUT2D eigenvalue weighted by molar-refractivity contribution is 0.613. The molecule has 0 bridgehead atoms. The number of halogens is 5. The van der Waals surface area contributed by atoms with E-state index < -0.39 is 0 Å². The summed E-state index contributed by atoms with van der Waals surface area (Å²) in [5, 5.41) is 2.96. The van der Waals surface area contributed by atoms with Gasteiger partial charge < -0.3 is 0 Å². The molecule has 0 aliphatic rings. The molecule has 1 aromatic carbocycles. The first kappa shape index (κ1) is 13.8. The van der Waals surface area contributed by atoms with Crippen LogP contribution >= 0.6 is 66.4 Å². The molecule has 0 aliphatic carbocycles. The van der Waals surface area contributed by atoms with Crippen LogP contribution in [0.3, 0.4) is 0 Å². The molecule has 1 heterocycles. The van der Waals surface area contributed by atoms with E-state index >= 15 is 0 Å². The predicted molar refractivity (Wildman–Crippen MR) is 79.2 cm³/mol. The molecule has 17 heavy (non-hydrogen) atoms. The van der Waals surface area contributed by atoms with Crippen LogP contribution in [-0.2, 0) is 0 Å². The first-order valence-electron chi connectivity index (χ1n) is 4.52. The Bertz CT molecular complexity index is 556. The molecule has 0 fully saturated rings. The molecule has 90 valence electrons. The summed E-state index contributed by atoms with van der Waals surface area (Å²) in [7, 11) is 0. The van der Waals surface area contributed by atoms with Gasteiger partial charge in [0, 0.05) is 14.9 Å². The quantitative estimate of drug-likeness (QED) is 0.389. The van der Waals surface area contributed by atoms with Crippen LogP contribution < -0.4 is 0 Å². The minimum atomic E-state index is -0.326. The van der Waals surface area contributed by atoms with Gasteiger partial charge in [0.25, 0.3) is 0 Å². The molecule has 0 amide bonds. The van der Waals surface area contributed by atoms with Crippen molar-refractivity contribution in [1.29, 1.82) is 0 Å². The van der Waals surface area contributed by atoms with Gasteiger partial charge in [0.05, 0.1) is 14.9 Å². The average Bonchev–Trinajstić information content (AvgIpc) is 2.69. The maximum atomic E-state index is 13.8. The summed E-state index contributed by atoms with van der Waals surface area (Å²) < 4.78 is 14.4. The molecular formula is C11H5Br2Cl2FS. The van der Waals surface area contributed by atoms with E-state index in [-0.39, 0.29) is 10.6 Å². The van der Waals surface area contributed by atoms with Gasteiger partial charge in [-0.3, -0.25) is 0 Å². The number of hydrogen-bond acceptors (Lipinski definition) is 1. The third-order valence-electron chi connectivity index (χ3n) is 2.19. The number of benzene rings is 1. The normalized spacial score (nSPS) is 12.8. The highest BCUT2D eigenvalue weighted by Gasteiger charge is 2.20. The molecule has 0 nitrogen and oxygen atoms in total. The molecular weight excluding hydrogens is 414 g/mol. The standard InChI is InChI=1S/C11H5Br2Cl2FS/c12-6-4-9(16)5(3-8(6)15)10(13)11-7(14)1-2-17-11/h1-4,10H. The van der Waals surface area contributed by atoms with Crippen LogP contribution in [-0.4, -0.2) is 0 Å². The van der Waals surface area contributed by atoms with Crippen LogP contribution in [0.15, 0.2) is 28.1 Å². The predicted octanol–water partition coefficient (Wildman–Crippen LogP) is 6.44. The molecule has 0 radical (unpaired) electrons. The average molecular weight is 419 g/mol. The van der Waals surface area contributed by atoms with E-state index in [1.807, 2.05) is 5.38 Å². The van der Waals surface area contributed by atoms with Crippen LogP contribution in [0.5, 0.6) is 0 Å². The zero-order chi connectivity index (χ0) is 12.6. The summed E-state index contributed by atoms with van der Waals surface area (Å²) in [6.07, 6.45) is 0. The van der Waals surface area contributed by atoms with Crippen molar-refractivity contribution < 1.29 is 4.39 Å². The Morgan fingerprint density at radius 1 is 1.24 bits per heavy atom. The van der Waals surface area contributed by atoms with E-state index in [0.717, 1.165) is 4.88 Å². The van der Waals surface area contributed by atoms with Gasteiger partial charge >= 0.3 is 0 Å². The molecule has 0 N–H and O–H groups in total. The number of thiophene rings is 1. The van der Waals surface area contributed by atoms with Crippen molar-refractivity contribution in [3.63, 3.8) is 0 Å². The lowest BCUT2D eigenvalue weighted by atomic mass is 10.1. The van der Waals surface area contributed by atoms with Crippen molar-refractivity contribution in [3.05, 3.63) is 54.4 Å². The van der Waals surface area contributed by atoms with Gasteiger partial charge in [-0.1, -0.05) is 39.1 Å². The van der Waals surface area contributed by atoms with E-state index in [2.05, 4.69) is 31.9 Å². The first-order chi connectivity index (χ1) is 8.00. The summed E-state index contributed by atoms with van der Waals surface area (Å²) in [4.78, 5) is 0.574. The van der Waals surface area contributed by atoms with Crippen LogP contribution in [0.4, 0.5) is 4.39 Å². The smallest absolute Gasteiger partial charge is 0.129 e. The largest absolute Gasteiger partial charge is 0.207 e. The summed E-state index contributed by atoms with van der Waals surface area (Å²) >= 11 is 20.1. The first-order valence-corrected chi connectivity index (χ1v) is 7.86. The third-order valence-corrected chi connectivity index (χ3v) is 6.06. The fourth-order valence-corrected chi connectivity index (χ4v) is 4.06. The van der Waals surface area contributed by atoms with Crippen molar-refractivity contribution in [2.45, 2.75) is 4.83 Å². The fourth-order valence-electron chi connectivity index (χ4n) is 1.36. The van der Waals surface area contributed by atoms with Gasteiger partial charge in [-0.25, -0.2) is 4.39 Å². The zero-order valence-electron chi connectivity index (χ0n) is 8.18. The Balaban J connectivity index is 2.48. The molecule has 2 aromatic rings. The van der Waals surface area contributed by atoms with Gasteiger partial charge in [-0.2, -0.15) is 0 Å². The van der Waals surface area contributed by atoms with Gasteiger partial charge in [0.2, 0.25) is 0 Å². The molecule has 0 saturated heterocycles. The summed E-state index contributed by atoms with van der Waals surface area (Å²) in [6, 6.07) is 4.73. The second-order valence-electron chi connectivity index (χ2n) is 3.28. The van der Waals surface area contributed by atoms with Crippen molar-refractivity contribution in [1.82, 2.24) is 0 Å². The SMILES string of the molecule is Fc1cc(Br)c(Cl)cc1C(Br)c1sccc1Cl. The molecule has 0 saturated carbocycles. The Kier molecular flexibility index (Phi) is 4.53. The van der Waals surface area contributed by atoms with E-state index in [9.17, 15) is 4.39 Å². The summed E-state index contributed by atoms with van der Waals surface area (Å²) in [5.41, 5.74) is 0.475. The fraction of sp³-hybridized carbons (Fsp3) is 0.0909. The second-order valence-corrected chi connectivity index (χ2v) is 6.82. The van der Waals surface area contributed by atoms with E-state index in [1.54, 1.807) is 12.1 Å². The number of hydrogen-bond donors (Lipinski definition) is 0. The third kappa shape index (κ3) is 2.87. The minimum Gasteiger partial charge on any atom is -0.207 e. The molecule has 1 aromatic heterocycles. The molecule has 1 unspecified atom stereocenters. The highest BCUT2D eigenvalue weighted by molar-refractivity contribution is 9.10. The van der Waals surface area contributed by atoms with Gasteiger partial charge in [0.15, 0.2) is 0 Å². The van der Waals surface area contributed by atoms with Crippen molar-refractivity contribution >= 4 is 66.4 Å². The Morgan fingerprint density at radius 3 is 2.53 bits per heavy atom. The van der Waals surface area contributed by atoms with Crippen molar-refractivity contribution in [2.24, 2.45) is 0 Å². The van der Waals surface area contributed by atoms with E-state index in [0.29, 0.717) is 20.1 Å². The van der Waals surface area contributed by atoms with Crippen LogP contribution in [0.1, 0.15) is 15.3 Å². The maximum absolute atomic E-state index is 13.8. The Hall–Kier alpha value is 0.390. The number of rotatable bonds is 2. The van der Waals surface area contributed by atoms with E-state index in [4.69, 9.17) is 23.2 Å². The van der Waals surface area contributed by atoms with E-state index in [1.165, 1.54) is 17.4 Å². The highest BCUT2D eigenvalue weighted by Crippen LogP contribution is 2.41. The minimum absolute atomic E-state index is 0.291.